The third-order valence-corrected chi connectivity index (χ3v) is 16.3. The number of esters is 1. The van der Waals surface area contributed by atoms with Gasteiger partial charge in [-0.15, -0.1) is 11.3 Å². The molecular weight excluding hydrogens is 885 g/mol. The molecule has 3 amide bonds. The largest absolute Gasteiger partial charge is 0.464 e. The van der Waals surface area contributed by atoms with Crippen molar-refractivity contribution in [3.63, 3.8) is 0 Å². The third-order valence-electron chi connectivity index (χ3n) is 15.4. The fraction of sp³-hybridized carbons (Fsp3) is 0.627. The highest BCUT2D eigenvalue weighted by molar-refractivity contribution is 7.10. The third kappa shape index (κ3) is 9.08. The number of hydrogen-bond acceptors (Lipinski definition) is 13. The molecule has 4 aromatic rings. The molecule has 16 nitrogen and oxygen atoms in total. The van der Waals surface area contributed by atoms with E-state index in [1.165, 1.54) is 21.9 Å². The zero-order valence-corrected chi connectivity index (χ0v) is 41.3. The van der Waals surface area contributed by atoms with Crippen LogP contribution in [-0.4, -0.2) is 144 Å². The summed E-state index contributed by atoms with van der Waals surface area (Å²) in [7, 11) is 1.74. The topological polar surface area (TPSA) is 162 Å². The highest BCUT2D eigenvalue weighted by Gasteiger charge is 2.47. The minimum absolute atomic E-state index is 0.0418. The number of aryl methyl sites for hydroxylation is 1. The molecule has 5 saturated heterocycles. The Labute approximate surface area is 403 Å². The first-order chi connectivity index (χ1) is 32.9. The van der Waals surface area contributed by atoms with Gasteiger partial charge in [-0.2, -0.15) is 0 Å². The second-order valence-electron chi connectivity index (χ2n) is 20.3. The molecule has 1 aromatic carbocycles. The van der Waals surface area contributed by atoms with Gasteiger partial charge in [0.25, 0.3) is 5.91 Å². The van der Waals surface area contributed by atoms with Crippen molar-refractivity contribution in [3.05, 3.63) is 57.7 Å². The Morgan fingerprint density at radius 3 is 2.74 bits per heavy atom. The molecule has 6 bridgehead atoms. The van der Waals surface area contributed by atoms with Crippen molar-refractivity contribution in [2.45, 2.75) is 122 Å². The lowest BCUT2D eigenvalue weighted by Crippen LogP contribution is -2.67. The maximum Gasteiger partial charge on any atom is 0.324 e. The van der Waals surface area contributed by atoms with Crippen molar-refractivity contribution in [3.8, 4) is 22.5 Å². The Hall–Kier alpha value is -4.49. The van der Waals surface area contributed by atoms with Crippen molar-refractivity contribution in [1.82, 2.24) is 40.1 Å². The van der Waals surface area contributed by atoms with Crippen molar-refractivity contribution >= 4 is 40.1 Å². The number of carbonyl (C=O) groups excluding carboxylic acids is 3. The lowest BCUT2D eigenvalue weighted by Gasteiger charge is -2.50. The van der Waals surface area contributed by atoms with Gasteiger partial charge in [-0.1, -0.05) is 19.9 Å². The van der Waals surface area contributed by atoms with Crippen LogP contribution in [0.3, 0.4) is 0 Å². The van der Waals surface area contributed by atoms with E-state index in [1.807, 2.05) is 12.3 Å². The number of rotatable bonds is 8. The number of morpholine rings is 1. The molecule has 10 rings (SSSR count). The molecule has 0 spiro atoms. The number of likely N-dealkylation sites (tertiary alicyclic amines) is 1. The molecule has 5 fully saturated rings. The van der Waals surface area contributed by atoms with Crippen LogP contribution in [0.25, 0.3) is 33.4 Å². The van der Waals surface area contributed by atoms with E-state index < -0.39 is 35.5 Å². The summed E-state index contributed by atoms with van der Waals surface area (Å²) in [6, 6.07) is 7.01. The molecule has 2 N–H and O–H groups in total. The molecule has 0 aliphatic carbocycles. The Balaban J connectivity index is 1.09. The summed E-state index contributed by atoms with van der Waals surface area (Å²) in [5, 5.41) is 8.21. The van der Waals surface area contributed by atoms with Gasteiger partial charge in [0, 0.05) is 97.5 Å². The van der Waals surface area contributed by atoms with Crippen LogP contribution in [0, 0.1) is 11.3 Å². The van der Waals surface area contributed by atoms with Gasteiger partial charge in [0.05, 0.1) is 55.7 Å². The average Bonchev–Trinajstić information content (AvgIpc) is 3.96. The van der Waals surface area contributed by atoms with E-state index in [9.17, 15) is 14.4 Å². The summed E-state index contributed by atoms with van der Waals surface area (Å²) in [6.07, 6.45) is 5.53. The number of methoxy groups -OCH3 is 1. The highest BCUT2D eigenvalue weighted by atomic mass is 32.1. The number of nitrogens with zero attached hydrogens (tertiary/aromatic N) is 6. The van der Waals surface area contributed by atoms with Crippen LogP contribution >= 0.6 is 11.3 Å². The first-order valence-electron chi connectivity index (χ1n) is 24.9. The van der Waals surface area contributed by atoms with Crippen molar-refractivity contribution < 1.29 is 38.1 Å². The first kappa shape index (κ1) is 47.2. The van der Waals surface area contributed by atoms with E-state index in [2.05, 4.69) is 78.4 Å². The molecule has 0 radical (unpaired) electrons. The van der Waals surface area contributed by atoms with Gasteiger partial charge in [-0.25, -0.2) is 15.2 Å². The number of ether oxygens (including phenoxy) is 5. The van der Waals surface area contributed by atoms with Crippen LogP contribution < -0.4 is 10.7 Å². The predicted octanol–water partition coefficient (Wildman–Crippen LogP) is 6.63. The van der Waals surface area contributed by atoms with E-state index in [1.54, 1.807) is 12.0 Å². The SMILES string of the molecule is CCO[C@@H]1c2nc(cs2)-c2ccc3c(c2)c(c(-c2cc([C@@H]4CCN5CCOC[C@@H]5C4)cnc2[C@H](C)OC)n3CC)CC(C)(C)COC(=O)[C@@H]2CCCN(N2)C(=O)[C@H]1NC(=O)N1C[C@H]2CCOC[C@H]21. The second kappa shape index (κ2) is 19.7. The Kier molecular flexibility index (Phi) is 13.7. The zero-order chi connectivity index (χ0) is 47.3. The number of hydrazine groups is 1. The average molecular weight is 953 g/mol. The van der Waals surface area contributed by atoms with Crippen LogP contribution in [0.15, 0.2) is 35.8 Å². The molecule has 8 atom stereocenters. The number of amides is 3. The Morgan fingerprint density at radius 1 is 1.07 bits per heavy atom. The number of hydrogen-bond donors (Lipinski definition) is 2. The minimum atomic E-state index is -1.14. The van der Waals surface area contributed by atoms with E-state index in [0.717, 1.165) is 90.2 Å². The highest BCUT2D eigenvalue weighted by Crippen LogP contribution is 2.44. The van der Waals surface area contributed by atoms with Gasteiger partial charge in [-0.3, -0.25) is 24.5 Å². The van der Waals surface area contributed by atoms with Crippen molar-refractivity contribution in [1.29, 1.82) is 0 Å². The van der Waals surface area contributed by atoms with Gasteiger partial charge in [0.15, 0.2) is 0 Å². The fourth-order valence-corrected chi connectivity index (χ4v) is 12.4. The first-order valence-corrected chi connectivity index (χ1v) is 25.8. The van der Waals surface area contributed by atoms with Gasteiger partial charge in [0.2, 0.25) is 0 Å². The van der Waals surface area contributed by atoms with E-state index in [4.69, 9.17) is 33.7 Å². The van der Waals surface area contributed by atoms with Crippen molar-refractivity contribution in [2.24, 2.45) is 11.3 Å². The number of carbonyl (C=O) groups is 3. The van der Waals surface area contributed by atoms with Gasteiger partial charge in [-0.05, 0) is 101 Å². The number of aromatic nitrogens is 3. The lowest BCUT2D eigenvalue weighted by atomic mass is 9.82. The molecule has 0 unspecified atom stereocenters. The normalized spacial score (nSPS) is 28.2. The summed E-state index contributed by atoms with van der Waals surface area (Å²) >= 11 is 1.41. The number of urea groups is 1. The van der Waals surface area contributed by atoms with Crippen LogP contribution in [0.1, 0.15) is 107 Å². The number of pyridine rings is 1. The van der Waals surface area contributed by atoms with Crippen LogP contribution in [-0.2, 0) is 46.2 Å². The monoisotopic (exact) mass is 952 g/mol. The smallest absolute Gasteiger partial charge is 0.324 e. The number of thiazole rings is 1. The molecule has 9 heterocycles. The molecule has 366 valence electrons. The molecule has 0 saturated carbocycles. The molecule has 6 aliphatic heterocycles. The number of fused-ring (bicyclic) bond motifs is 8. The number of nitrogens with one attached hydrogen (secondary N) is 2. The molecular formula is C51H68N8O8S. The standard InChI is InChI=1S/C51H68N8O8S/c1-7-57-41-12-11-32-21-36(41)38(45(57)37-22-34(24-52-43(37)30(3)63-6)31-13-16-56-17-19-65-26-35(56)20-31)23-51(4,5)29-67-49(61)39-10-9-15-59(55-39)48(60)44(46(66-8-2)47-53-40(32)28-68-47)54-50(62)58-25-33-14-18-64-27-42(33)58/h11-12,21-22,24,28,30-31,33,35,39,42,44,46,55H,7-10,13-20,23,25-27,29H2,1-6H3,(H,54,62)/t30-,31+,33+,35-,39-,42+,44-,46-/m0/s1. The number of piperidine rings is 1. The van der Waals surface area contributed by atoms with E-state index >= 15 is 0 Å². The number of benzene rings is 1. The van der Waals surface area contributed by atoms with Gasteiger partial charge in [0.1, 0.15) is 23.2 Å². The summed E-state index contributed by atoms with van der Waals surface area (Å²) in [5.74, 6) is -0.109. The molecule has 17 heteroatoms. The van der Waals surface area contributed by atoms with E-state index in [0.29, 0.717) is 75.0 Å². The summed E-state index contributed by atoms with van der Waals surface area (Å²) in [4.78, 5) is 57.8. The summed E-state index contributed by atoms with van der Waals surface area (Å²) < 4.78 is 32.8. The minimum Gasteiger partial charge on any atom is -0.464 e. The van der Waals surface area contributed by atoms with Crippen LogP contribution in [0.2, 0.25) is 0 Å². The Bertz CT molecular complexity index is 2510. The van der Waals surface area contributed by atoms with Gasteiger partial charge < -0.3 is 38.5 Å². The van der Waals surface area contributed by atoms with Crippen molar-refractivity contribution in [2.75, 3.05) is 72.9 Å². The fourth-order valence-electron chi connectivity index (χ4n) is 11.5. The molecule has 3 aromatic heterocycles. The zero-order valence-electron chi connectivity index (χ0n) is 40.5. The maximum absolute atomic E-state index is 14.8. The Morgan fingerprint density at radius 2 is 1.93 bits per heavy atom. The quantitative estimate of drug-likeness (QED) is 0.182. The molecule has 6 aliphatic rings. The van der Waals surface area contributed by atoms with E-state index in [-0.39, 0.29) is 31.4 Å². The predicted molar refractivity (Wildman–Crippen MR) is 258 cm³/mol. The van der Waals surface area contributed by atoms with Gasteiger partial charge >= 0.3 is 12.0 Å². The van der Waals surface area contributed by atoms with Crippen LogP contribution in [0.5, 0.6) is 0 Å². The van der Waals surface area contributed by atoms with Crippen LogP contribution in [0.4, 0.5) is 4.79 Å². The second-order valence-corrected chi connectivity index (χ2v) is 21.2. The number of cyclic esters (lactones) is 1. The summed E-state index contributed by atoms with van der Waals surface area (Å²) in [5.41, 5.74) is 10.8. The lowest BCUT2D eigenvalue weighted by molar-refractivity contribution is -0.156. The maximum atomic E-state index is 14.8. The molecule has 68 heavy (non-hydrogen) atoms. The summed E-state index contributed by atoms with van der Waals surface area (Å²) in [6.45, 7) is 17.2.